The van der Waals surface area contributed by atoms with Crippen molar-refractivity contribution >= 4 is 33.0 Å². The SMILES string of the molecule is Cc1onc(-c2ccccc2)c1C(=O)N1CCC(c2nc(C(=O)NCc3ccc(S(C)(=O)=O)cc3)cs2)CC1. The summed E-state index contributed by atoms with van der Waals surface area (Å²) in [5, 5.41) is 9.61. The van der Waals surface area contributed by atoms with E-state index in [1.165, 1.54) is 23.5 Å². The monoisotopic (exact) mass is 564 g/mol. The highest BCUT2D eigenvalue weighted by Crippen LogP contribution is 2.33. The number of sulfone groups is 1. The molecule has 0 aliphatic carbocycles. The van der Waals surface area contributed by atoms with Gasteiger partial charge < -0.3 is 14.7 Å². The second-order valence-electron chi connectivity index (χ2n) is 9.56. The second kappa shape index (κ2) is 11.1. The first-order chi connectivity index (χ1) is 18.7. The van der Waals surface area contributed by atoms with Gasteiger partial charge >= 0.3 is 0 Å². The Morgan fingerprint density at radius 2 is 1.77 bits per heavy atom. The molecule has 39 heavy (non-hydrogen) atoms. The van der Waals surface area contributed by atoms with Gasteiger partial charge in [-0.3, -0.25) is 9.59 Å². The number of nitrogens with one attached hydrogen (secondary N) is 1. The highest BCUT2D eigenvalue weighted by Gasteiger charge is 2.31. The Kier molecular flexibility index (Phi) is 7.62. The van der Waals surface area contributed by atoms with Crippen molar-refractivity contribution in [3.8, 4) is 11.3 Å². The molecule has 4 aromatic rings. The molecule has 5 rings (SSSR count). The number of carbonyl (C=O) groups excluding carboxylic acids is 2. The van der Waals surface area contributed by atoms with Crippen LogP contribution in [0.5, 0.6) is 0 Å². The minimum absolute atomic E-state index is 0.0881. The van der Waals surface area contributed by atoms with E-state index in [1.54, 1.807) is 24.4 Å². The van der Waals surface area contributed by atoms with Gasteiger partial charge in [0.05, 0.1) is 9.90 Å². The quantitative estimate of drug-likeness (QED) is 0.352. The van der Waals surface area contributed by atoms with Crippen molar-refractivity contribution in [2.75, 3.05) is 19.3 Å². The first-order valence-electron chi connectivity index (χ1n) is 12.5. The summed E-state index contributed by atoms with van der Waals surface area (Å²) in [5.41, 5.74) is 3.05. The smallest absolute Gasteiger partial charge is 0.271 e. The highest BCUT2D eigenvalue weighted by molar-refractivity contribution is 7.90. The topological polar surface area (TPSA) is 122 Å². The van der Waals surface area contributed by atoms with Crippen molar-refractivity contribution in [2.45, 2.75) is 37.1 Å². The molecule has 0 atom stereocenters. The number of benzene rings is 2. The standard InChI is InChI=1S/C28H28N4O5S2/c1-18-24(25(31-37-18)20-6-4-3-5-7-20)28(34)32-14-12-21(13-15-32)27-30-23(17-38-27)26(33)29-16-19-8-10-22(11-9-19)39(2,35)36/h3-11,17,21H,12-16H2,1-2H3,(H,29,33). The van der Waals surface area contributed by atoms with Crippen molar-refractivity contribution in [2.24, 2.45) is 0 Å². The minimum Gasteiger partial charge on any atom is -0.360 e. The van der Waals surface area contributed by atoms with E-state index in [2.05, 4.69) is 15.5 Å². The molecule has 1 N–H and O–H groups in total. The number of hydrogen-bond acceptors (Lipinski definition) is 8. The number of carbonyl (C=O) groups is 2. The number of aromatic nitrogens is 2. The molecule has 9 nitrogen and oxygen atoms in total. The molecule has 2 aromatic heterocycles. The number of aryl methyl sites for hydroxylation is 1. The van der Waals surface area contributed by atoms with Gasteiger partial charge in [0.15, 0.2) is 9.84 Å². The molecule has 1 aliphatic rings. The molecule has 0 saturated carbocycles. The zero-order valence-corrected chi connectivity index (χ0v) is 23.2. The fourth-order valence-corrected chi connectivity index (χ4v) is 6.21. The summed E-state index contributed by atoms with van der Waals surface area (Å²) in [6, 6.07) is 16.0. The first kappa shape index (κ1) is 26.8. The predicted octanol–water partition coefficient (Wildman–Crippen LogP) is 4.46. The van der Waals surface area contributed by atoms with E-state index in [0.717, 1.165) is 35.2 Å². The third-order valence-corrected chi connectivity index (χ3v) is 8.95. The van der Waals surface area contributed by atoms with E-state index in [9.17, 15) is 18.0 Å². The van der Waals surface area contributed by atoms with Crippen LogP contribution in [0.3, 0.4) is 0 Å². The number of hydrogen-bond donors (Lipinski definition) is 1. The maximum absolute atomic E-state index is 13.4. The van der Waals surface area contributed by atoms with Gasteiger partial charge in [-0.25, -0.2) is 13.4 Å². The summed E-state index contributed by atoms with van der Waals surface area (Å²) in [7, 11) is -3.26. The minimum atomic E-state index is -3.26. The first-order valence-corrected chi connectivity index (χ1v) is 15.3. The average Bonchev–Trinajstić information content (AvgIpc) is 3.59. The normalized spacial score (nSPS) is 14.4. The number of piperidine rings is 1. The molecule has 0 unspecified atom stereocenters. The number of amides is 2. The largest absolute Gasteiger partial charge is 0.360 e. The molecule has 3 heterocycles. The molecular formula is C28H28N4O5S2. The summed E-state index contributed by atoms with van der Waals surface area (Å²) in [4.78, 5) is 32.7. The molecule has 2 amide bonds. The van der Waals surface area contributed by atoms with E-state index < -0.39 is 9.84 Å². The molecule has 1 saturated heterocycles. The Morgan fingerprint density at radius 3 is 2.44 bits per heavy atom. The predicted molar refractivity (Wildman–Crippen MR) is 147 cm³/mol. The van der Waals surface area contributed by atoms with Crippen LogP contribution in [0.25, 0.3) is 11.3 Å². The number of rotatable bonds is 7. The number of thiazole rings is 1. The van der Waals surface area contributed by atoms with Crippen LogP contribution in [0.1, 0.15) is 55.9 Å². The summed E-state index contributed by atoms with van der Waals surface area (Å²) >= 11 is 1.45. The maximum Gasteiger partial charge on any atom is 0.271 e. The Labute approximate surface area is 230 Å². The molecular weight excluding hydrogens is 536 g/mol. The molecule has 202 valence electrons. The lowest BCUT2D eigenvalue weighted by atomic mass is 9.96. The summed E-state index contributed by atoms with van der Waals surface area (Å²) in [6.07, 6.45) is 2.65. The molecule has 11 heteroatoms. The van der Waals surface area contributed by atoms with Gasteiger partial charge in [0.2, 0.25) is 0 Å². The molecule has 0 spiro atoms. The van der Waals surface area contributed by atoms with E-state index in [4.69, 9.17) is 4.52 Å². The average molecular weight is 565 g/mol. The molecule has 1 fully saturated rings. The Balaban J connectivity index is 1.17. The van der Waals surface area contributed by atoms with Gasteiger partial charge in [0.1, 0.15) is 22.7 Å². The van der Waals surface area contributed by atoms with Crippen molar-refractivity contribution in [3.05, 3.63) is 87.6 Å². The van der Waals surface area contributed by atoms with Gasteiger partial charge in [-0.05, 0) is 37.5 Å². The lowest BCUT2D eigenvalue weighted by Crippen LogP contribution is -2.38. The van der Waals surface area contributed by atoms with Gasteiger partial charge in [0, 0.05) is 42.8 Å². The van der Waals surface area contributed by atoms with Gasteiger partial charge in [-0.15, -0.1) is 11.3 Å². The summed E-state index contributed by atoms with van der Waals surface area (Å²) < 4.78 is 28.6. The van der Waals surface area contributed by atoms with Gasteiger partial charge in [0.25, 0.3) is 11.8 Å². The Bertz CT molecular complexity index is 1590. The van der Waals surface area contributed by atoms with Gasteiger partial charge in [-0.1, -0.05) is 47.6 Å². The lowest BCUT2D eigenvalue weighted by molar-refractivity contribution is 0.0711. The second-order valence-corrected chi connectivity index (χ2v) is 12.5. The Hall–Kier alpha value is -3.83. The van der Waals surface area contributed by atoms with Crippen LogP contribution in [0.2, 0.25) is 0 Å². The fourth-order valence-electron chi connectivity index (χ4n) is 4.61. The van der Waals surface area contributed by atoms with Crippen LogP contribution >= 0.6 is 11.3 Å². The fraction of sp³-hybridized carbons (Fsp3) is 0.286. The van der Waals surface area contributed by atoms with Crippen LogP contribution < -0.4 is 5.32 Å². The highest BCUT2D eigenvalue weighted by atomic mass is 32.2. The van der Waals surface area contributed by atoms with Crippen LogP contribution in [0, 0.1) is 6.92 Å². The number of likely N-dealkylation sites (tertiary alicyclic amines) is 1. The van der Waals surface area contributed by atoms with Crippen LogP contribution in [-0.2, 0) is 16.4 Å². The van der Waals surface area contributed by atoms with E-state index in [0.29, 0.717) is 35.8 Å². The molecule has 0 bridgehead atoms. The third-order valence-electron chi connectivity index (χ3n) is 6.81. The van der Waals surface area contributed by atoms with Crippen LogP contribution in [0.4, 0.5) is 0 Å². The van der Waals surface area contributed by atoms with Crippen molar-refractivity contribution in [3.63, 3.8) is 0 Å². The maximum atomic E-state index is 13.4. The van der Waals surface area contributed by atoms with Crippen molar-refractivity contribution in [1.82, 2.24) is 20.4 Å². The molecule has 0 radical (unpaired) electrons. The third kappa shape index (κ3) is 5.94. The summed E-state index contributed by atoms with van der Waals surface area (Å²) in [5.74, 6) is 0.299. The lowest BCUT2D eigenvalue weighted by Gasteiger charge is -2.31. The van der Waals surface area contributed by atoms with Crippen LogP contribution in [0.15, 0.2) is 69.4 Å². The van der Waals surface area contributed by atoms with E-state index >= 15 is 0 Å². The summed E-state index contributed by atoms with van der Waals surface area (Å²) in [6.45, 7) is 3.18. The Morgan fingerprint density at radius 1 is 1.08 bits per heavy atom. The number of nitrogens with zero attached hydrogens (tertiary/aromatic N) is 3. The van der Waals surface area contributed by atoms with E-state index in [-0.39, 0.29) is 29.2 Å². The van der Waals surface area contributed by atoms with Crippen molar-refractivity contribution in [1.29, 1.82) is 0 Å². The molecule has 1 aliphatic heterocycles. The van der Waals surface area contributed by atoms with Crippen LogP contribution in [-0.4, -0.2) is 54.6 Å². The zero-order chi connectivity index (χ0) is 27.6. The zero-order valence-electron chi connectivity index (χ0n) is 21.6. The van der Waals surface area contributed by atoms with Gasteiger partial charge in [-0.2, -0.15) is 0 Å². The van der Waals surface area contributed by atoms with E-state index in [1.807, 2.05) is 35.2 Å². The van der Waals surface area contributed by atoms with Crippen molar-refractivity contribution < 1.29 is 22.5 Å². The molecule has 2 aromatic carbocycles.